The third-order valence-electron chi connectivity index (χ3n) is 3.44. The summed E-state index contributed by atoms with van der Waals surface area (Å²) in [5, 5.41) is 4.59. The fourth-order valence-electron chi connectivity index (χ4n) is 1.92. The van der Waals surface area contributed by atoms with Gasteiger partial charge in [0.15, 0.2) is 5.13 Å². The van der Waals surface area contributed by atoms with Crippen molar-refractivity contribution in [3.63, 3.8) is 0 Å². The molecular weight excluding hydrogens is 230 g/mol. The van der Waals surface area contributed by atoms with Crippen LogP contribution in [0.25, 0.3) is 0 Å². The molecule has 1 saturated carbocycles. The smallest absolute Gasteiger partial charge is 0.185 e. The molecule has 1 aliphatic carbocycles. The highest BCUT2D eigenvalue weighted by Gasteiger charge is 2.31. The van der Waals surface area contributed by atoms with E-state index in [0.29, 0.717) is 12.1 Å². The SMILES string of the molecule is CC(C)NCc1cnc(N(C)C(C)C2CC2)s1. The fraction of sp³-hybridized carbons (Fsp3) is 0.769. The molecular formula is C13H23N3S. The maximum absolute atomic E-state index is 4.53. The number of nitrogens with one attached hydrogen (secondary N) is 1. The quantitative estimate of drug-likeness (QED) is 0.845. The Bertz CT molecular complexity index is 357. The summed E-state index contributed by atoms with van der Waals surface area (Å²) in [6.45, 7) is 7.58. The molecule has 0 spiro atoms. The van der Waals surface area contributed by atoms with E-state index in [-0.39, 0.29) is 0 Å². The third-order valence-corrected chi connectivity index (χ3v) is 4.53. The predicted octanol–water partition coefficient (Wildman–Crippen LogP) is 2.88. The number of hydrogen-bond acceptors (Lipinski definition) is 4. The van der Waals surface area contributed by atoms with Gasteiger partial charge in [0.2, 0.25) is 0 Å². The zero-order valence-electron chi connectivity index (χ0n) is 11.2. The summed E-state index contributed by atoms with van der Waals surface area (Å²) in [6, 6.07) is 1.16. The van der Waals surface area contributed by atoms with Gasteiger partial charge in [-0.25, -0.2) is 4.98 Å². The highest BCUT2D eigenvalue weighted by Crippen LogP contribution is 2.37. The average molecular weight is 253 g/mol. The molecule has 1 aliphatic rings. The minimum Gasteiger partial charge on any atom is -0.348 e. The van der Waals surface area contributed by atoms with Gasteiger partial charge in [0, 0.05) is 36.8 Å². The summed E-state index contributed by atoms with van der Waals surface area (Å²) < 4.78 is 0. The largest absolute Gasteiger partial charge is 0.348 e. The lowest BCUT2D eigenvalue weighted by atomic mass is 10.2. The Balaban J connectivity index is 1.92. The number of hydrogen-bond donors (Lipinski definition) is 1. The number of rotatable bonds is 6. The van der Waals surface area contributed by atoms with Gasteiger partial charge in [0.25, 0.3) is 0 Å². The number of anilines is 1. The Hall–Kier alpha value is -0.610. The second kappa shape index (κ2) is 5.36. The number of nitrogens with zero attached hydrogens (tertiary/aromatic N) is 2. The minimum atomic E-state index is 0.531. The number of aromatic nitrogens is 1. The zero-order valence-corrected chi connectivity index (χ0v) is 12.0. The van der Waals surface area contributed by atoms with Crippen LogP contribution in [0.4, 0.5) is 5.13 Å². The van der Waals surface area contributed by atoms with Gasteiger partial charge in [-0.3, -0.25) is 0 Å². The summed E-state index contributed by atoms with van der Waals surface area (Å²) in [4.78, 5) is 8.19. The van der Waals surface area contributed by atoms with Crippen LogP contribution in [0.3, 0.4) is 0 Å². The molecule has 1 N–H and O–H groups in total. The first-order valence-corrected chi connectivity index (χ1v) is 7.30. The second-order valence-corrected chi connectivity index (χ2v) is 6.43. The molecule has 0 aromatic carbocycles. The molecule has 0 amide bonds. The van der Waals surface area contributed by atoms with Crippen molar-refractivity contribution in [3.05, 3.63) is 11.1 Å². The van der Waals surface area contributed by atoms with Crippen LogP contribution in [0.15, 0.2) is 6.20 Å². The van der Waals surface area contributed by atoms with Crippen LogP contribution >= 0.6 is 11.3 Å². The van der Waals surface area contributed by atoms with E-state index in [9.17, 15) is 0 Å². The standard InChI is InChI=1S/C13H23N3S/c1-9(2)14-7-12-8-15-13(17-12)16(4)10(3)11-5-6-11/h8-11,14H,5-7H2,1-4H3. The van der Waals surface area contributed by atoms with Crippen LogP contribution < -0.4 is 10.2 Å². The van der Waals surface area contributed by atoms with Crippen molar-refractivity contribution in [1.82, 2.24) is 10.3 Å². The fourth-order valence-corrected chi connectivity index (χ4v) is 2.83. The van der Waals surface area contributed by atoms with Gasteiger partial charge in [-0.15, -0.1) is 11.3 Å². The minimum absolute atomic E-state index is 0.531. The van der Waals surface area contributed by atoms with Crippen molar-refractivity contribution in [2.24, 2.45) is 5.92 Å². The molecule has 96 valence electrons. The summed E-state index contributed by atoms with van der Waals surface area (Å²) in [7, 11) is 2.17. The van der Waals surface area contributed by atoms with Crippen LogP contribution in [-0.4, -0.2) is 24.1 Å². The summed E-state index contributed by atoms with van der Waals surface area (Å²) in [5.41, 5.74) is 0. The lowest BCUT2D eigenvalue weighted by Gasteiger charge is -2.23. The Morgan fingerprint density at radius 2 is 2.18 bits per heavy atom. The average Bonchev–Trinajstić information content (AvgIpc) is 3.03. The molecule has 1 atom stereocenters. The van der Waals surface area contributed by atoms with E-state index < -0.39 is 0 Å². The summed E-state index contributed by atoms with van der Waals surface area (Å²) in [5.74, 6) is 0.890. The Morgan fingerprint density at radius 1 is 1.47 bits per heavy atom. The van der Waals surface area contributed by atoms with Crippen LogP contribution in [-0.2, 0) is 6.54 Å². The van der Waals surface area contributed by atoms with Crippen LogP contribution in [0.2, 0.25) is 0 Å². The molecule has 0 saturated heterocycles. The van der Waals surface area contributed by atoms with Crippen molar-refractivity contribution in [2.75, 3.05) is 11.9 Å². The van der Waals surface area contributed by atoms with Crippen LogP contribution in [0.1, 0.15) is 38.5 Å². The topological polar surface area (TPSA) is 28.2 Å². The third kappa shape index (κ3) is 3.42. The predicted molar refractivity (Wildman–Crippen MR) is 74.7 cm³/mol. The lowest BCUT2D eigenvalue weighted by molar-refractivity contribution is 0.593. The van der Waals surface area contributed by atoms with Crippen molar-refractivity contribution >= 4 is 16.5 Å². The molecule has 3 nitrogen and oxygen atoms in total. The van der Waals surface area contributed by atoms with Crippen LogP contribution in [0.5, 0.6) is 0 Å². The molecule has 1 unspecified atom stereocenters. The van der Waals surface area contributed by atoms with E-state index in [1.165, 1.54) is 17.7 Å². The number of thiazole rings is 1. The highest BCUT2D eigenvalue weighted by molar-refractivity contribution is 7.15. The lowest BCUT2D eigenvalue weighted by Crippen LogP contribution is -2.30. The maximum Gasteiger partial charge on any atom is 0.185 e. The van der Waals surface area contributed by atoms with E-state index in [1.54, 1.807) is 0 Å². The van der Waals surface area contributed by atoms with Crippen molar-refractivity contribution < 1.29 is 0 Å². The van der Waals surface area contributed by atoms with Gasteiger partial charge in [-0.2, -0.15) is 0 Å². The molecule has 1 fully saturated rings. The van der Waals surface area contributed by atoms with Gasteiger partial charge < -0.3 is 10.2 Å². The Labute approximate surface area is 108 Å². The summed E-state index contributed by atoms with van der Waals surface area (Å²) >= 11 is 1.81. The zero-order chi connectivity index (χ0) is 12.4. The molecule has 0 radical (unpaired) electrons. The first-order chi connectivity index (χ1) is 8.08. The van der Waals surface area contributed by atoms with Gasteiger partial charge in [0.05, 0.1) is 0 Å². The molecule has 0 aliphatic heterocycles. The van der Waals surface area contributed by atoms with Crippen LogP contribution in [0, 0.1) is 5.92 Å². The molecule has 1 aromatic heterocycles. The molecule has 4 heteroatoms. The van der Waals surface area contributed by atoms with E-state index in [1.807, 2.05) is 17.5 Å². The van der Waals surface area contributed by atoms with Gasteiger partial charge in [-0.1, -0.05) is 13.8 Å². The van der Waals surface area contributed by atoms with Crippen molar-refractivity contribution in [1.29, 1.82) is 0 Å². The molecule has 1 heterocycles. The van der Waals surface area contributed by atoms with Gasteiger partial charge in [-0.05, 0) is 25.7 Å². The molecule has 1 aromatic rings. The first kappa shape index (κ1) is 12.8. The monoisotopic (exact) mass is 253 g/mol. The van der Waals surface area contributed by atoms with Gasteiger partial charge >= 0.3 is 0 Å². The molecule has 17 heavy (non-hydrogen) atoms. The van der Waals surface area contributed by atoms with E-state index in [2.05, 4.69) is 43.0 Å². The van der Waals surface area contributed by atoms with Crippen molar-refractivity contribution in [3.8, 4) is 0 Å². The Morgan fingerprint density at radius 3 is 2.76 bits per heavy atom. The van der Waals surface area contributed by atoms with Crippen molar-refractivity contribution in [2.45, 2.75) is 52.2 Å². The maximum atomic E-state index is 4.53. The summed E-state index contributed by atoms with van der Waals surface area (Å²) in [6.07, 6.45) is 4.78. The van der Waals surface area contributed by atoms with E-state index in [0.717, 1.165) is 17.6 Å². The first-order valence-electron chi connectivity index (χ1n) is 6.49. The highest BCUT2D eigenvalue weighted by atomic mass is 32.1. The second-order valence-electron chi connectivity index (χ2n) is 5.33. The van der Waals surface area contributed by atoms with Gasteiger partial charge in [0.1, 0.15) is 0 Å². The normalized spacial score (nSPS) is 17.5. The Kier molecular flexibility index (Phi) is 4.05. The van der Waals surface area contributed by atoms with E-state index in [4.69, 9.17) is 0 Å². The van der Waals surface area contributed by atoms with E-state index >= 15 is 0 Å². The molecule has 0 bridgehead atoms. The molecule has 2 rings (SSSR count).